The average Bonchev–Trinajstić information content (AvgIpc) is 2.33. The minimum Gasteiger partial charge on any atom is -0.313 e. The van der Waals surface area contributed by atoms with Gasteiger partial charge in [-0.05, 0) is 44.4 Å². The minimum atomic E-state index is -2.86. The van der Waals surface area contributed by atoms with E-state index in [1.807, 2.05) is 11.8 Å². The molecule has 3 unspecified atom stereocenters. The summed E-state index contributed by atoms with van der Waals surface area (Å²) in [6.07, 6.45) is 8.58. The van der Waals surface area contributed by atoms with Crippen LogP contribution < -0.4 is 5.32 Å². The van der Waals surface area contributed by atoms with Crippen LogP contribution in [-0.2, 0) is 9.84 Å². The Hall–Kier alpha value is 0.260. The fourth-order valence-electron chi connectivity index (χ4n) is 2.81. The number of hydrogen-bond acceptors (Lipinski definition) is 4. The Balaban J connectivity index is 2.61. The second-order valence-electron chi connectivity index (χ2n) is 5.39. The van der Waals surface area contributed by atoms with Crippen molar-refractivity contribution in [2.75, 3.05) is 24.8 Å². The fraction of sp³-hybridized carbons (Fsp3) is 1.00. The molecule has 1 aliphatic rings. The lowest BCUT2D eigenvalue weighted by molar-refractivity contribution is 0.286. The average molecular weight is 293 g/mol. The van der Waals surface area contributed by atoms with Gasteiger partial charge in [0, 0.05) is 18.1 Å². The monoisotopic (exact) mass is 293 g/mol. The number of thioether (sulfide) groups is 1. The van der Waals surface area contributed by atoms with Gasteiger partial charge in [-0.25, -0.2) is 8.42 Å². The molecular weight excluding hydrogens is 266 g/mol. The van der Waals surface area contributed by atoms with E-state index in [1.54, 1.807) is 0 Å². The first-order valence-corrected chi connectivity index (χ1v) is 10.2. The van der Waals surface area contributed by atoms with Crippen LogP contribution in [0, 0.1) is 5.92 Å². The van der Waals surface area contributed by atoms with Crippen molar-refractivity contribution in [2.24, 2.45) is 5.92 Å². The maximum Gasteiger partial charge on any atom is 0.150 e. The van der Waals surface area contributed by atoms with Gasteiger partial charge in [0.2, 0.25) is 0 Å². The van der Waals surface area contributed by atoms with Crippen molar-refractivity contribution in [3.8, 4) is 0 Å². The summed E-state index contributed by atoms with van der Waals surface area (Å²) >= 11 is 1.85. The second kappa shape index (κ2) is 7.75. The molecule has 5 heteroatoms. The van der Waals surface area contributed by atoms with Crippen LogP contribution in [0.25, 0.3) is 0 Å². The molecule has 108 valence electrons. The van der Waals surface area contributed by atoms with Gasteiger partial charge >= 0.3 is 0 Å². The molecule has 0 amide bonds. The van der Waals surface area contributed by atoms with E-state index in [1.165, 1.54) is 12.7 Å². The molecule has 0 radical (unpaired) electrons. The van der Waals surface area contributed by atoms with Crippen LogP contribution in [0.2, 0.25) is 0 Å². The van der Waals surface area contributed by atoms with Crippen LogP contribution in [-0.4, -0.2) is 44.5 Å². The van der Waals surface area contributed by atoms with Crippen molar-refractivity contribution in [3.63, 3.8) is 0 Å². The maximum absolute atomic E-state index is 11.7. The summed E-state index contributed by atoms with van der Waals surface area (Å²) in [5, 5.41) is 3.49. The van der Waals surface area contributed by atoms with Crippen LogP contribution in [0.15, 0.2) is 0 Å². The summed E-state index contributed by atoms with van der Waals surface area (Å²) < 4.78 is 23.4. The molecular formula is C13H27NO2S2. The Labute approximate surface area is 116 Å². The highest BCUT2D eigenvalue weighted by Gasteiger charge is 2.32. The molecule has 1 N–H and O–H groups in total. The number of sulfone groups is 1. The van der Waals surface area contributed by atoms with E-state index in [0.717, 1.165) is 38.0 Å². The van der Waals surface area contributed by atoms with Crippen LogP contribution >= 0.6 is 11.8 Å². The van der Waals surface area contributed by atoms with E-state index in [4.69, 9.17) is 0 Å². The highest BCUT2D eigenvalue weighted by atomic mass is 32.2. The Morgan fingerprint density at radius 3 is 2.67 bits per heavy atom. The third kappa shape index (κ3) is 5.10. The fourth-order valence-corrected chi connectivity index (χ4v) is 4.75. The van der Waals surface area contributed by atoms with Crippen molar-refractivity contribution >= 4 is 21.6 Å². The molecule has 0 aromatic heterocycles. The van der Waals surface area contributed by atoms with Gasteiger partial charge in [-0.1, -0.05) is 13.3 Å². The van der Waals surface area contributed by atoms with Gasteiger partial charge in [-0.15, -0.1) is 0 Å². The van der Waals surface area contributed by atoms with E-state index in [0.29, 0.717) is 12.0 Å². The largest absolute Gasteiger partial charge is 0.313 e. The van der Waals surface area contributed by atoms with E-state index in [9.17, 15) is 8.42 Å². The Bertz CT molecular complexity index is 330. The summed E-state index contributed by atoms with van der Waals surface area (Å²) in [4.78, 5) is 0. The summed E-state index contributed by atoms with van der Waals surface area (Å²) in [5.74, 6) is 1.61. The first kappa shape index (κ1) is 16.3. The molecule has 1 fully saturated rings. The van der Waals surface area contributed by atoms with E-state index in [2.05, 4.69) is 18.5 Å². The SMILES string of the molecule is CCCNC(CSC)C1CCCC(S(C)(=O)=O)C1. The van der Waals surface area contributed by atoms with E-state index in [-0.39, 0.29) is 5.25 Å². The zero-order valence-corrected chi connectivity index (χ0v) is 13.4. The second-order valence-corrected chi connectivity index (χ2v) is 8.63. The standard InChI is InChI=1S/C13H27NO2S2/c1-4-8-14-13(10-17-2)11-6-5-7-12(9-11)18(3,15)16/h11-14H,4-10H2,1-3H3. The highest BCUT2D eigenvalue weighted by Crippen LogP contribution is 2.31. The minimum absolute atomic E-state index is 0.107. The summed E-state index contributed by atoms with van der Waals surface area (Å²) in [5.41, 5.74) is 0. The topological polar surface area (TPSA) is 46.2 Å². The predicted octanol–water partition coefficient (Wildman–Crippen LogP) is 2.32. The number of nitrogens with one attached hydrogen (secondary N) is 1. The molecule has 3 atom stereocenters. The predicted molar refractivity (Wildman–Crippen MR) is 81.1 cm³/mol. The van der Waals surface area contributed by atoms with Crippen molar-refractivity contribution in [3.05, 3.63) is 0 Å². The first-order chi connectivity index (χ1) is 8.49. The Kier molecular flexibility index (Phi) is 7.03. The van der Waals surface area contributed by atoms with E-state index >= 15 is 0 Å². The van der Waals surface area contributed by atoms with E-state index < -0.39 is 9.84 Å². The smallest absolute Gasteiger partial charge is 0.150 e. The molecule has 0 aromatic rings. The van der Waals surface area contributed by atoms with Gasteiger partial charge in [0.05, 0.1) is 5.25 Å². The van der Waals surface area contributed by atoms with Crippen molar-refractivity contribution in [2.45, 2.75) is 50.3 Å². The van der Waals surface area contributed by atoms with Crippen LogP contribution in [0.5, 0.6) is 0 Å². The van der Waals surface area contributed by atoms with Crippen LogP contribution in [0.4, 0.5) is 0 Å². The molecule has 0 spiro atoms. The molecule has 0 heterocycles. The summed E-state index contributed by atoms with van der Waals surface area (Å²) in [6, 6.07) is 0.476. The number of hydrogen-bond donors (Lipinski definition) is 1. The van der Waals surface area contributed by atoms with Gasteiger partial charge in [0.15, 0.2) is 0 Å². The van der Waals surface area contributed by atoms with Gasteiger partial charge in [-0.3, -0.25) is 0 Å². The molecule has 0 aromatic carbocycles. The molecule has 0 bridgehead atoms. The highest BCUT2D eigenvalue weighted by molar-refractivity contribution is 7.98. The zero-order chi connectivity index (χ0) is 13.6. The van der Waals surface area contributed by atoms with Gasteiger partial charge in [0.1, 0.15) is 9.84 Å². The lowest BCUT2D eigenvalue weighted by Gasteiger charge is -2.34. The lowest BCUT2D eigenvalue weighted by atomic mass is 9.84. The van der Waals surface area contributed by atoms with Gasteiger partial charge < -0.3 is 5.32 Å². The Morgan fingerprint density at radius 1 is 1.39 bits per heavy atom. The quantitative estimate of drug-likeness (QED) is 0.782. The van der Waals surface area contributed by atoms with Crippen LogP contribution in [0.3, 0.4) is 0 Å². The van der Waals surface area contributed by atoms with Crippen molar-refractivity contribution in [1.82, 2.24) is 5.32 Å². The summed E-state index contributed by atoms with van der Waals surface area (Å²) in [6.45, 7) is 3.20. The number of rotatable bonds is 7. The maximum atomic E-state index is 11.7. The van der Waals surface area contributed by atoms with Crippen molar-refractivity contribution in [1.29, 1.82) is 0 Å². The normalized spacial score (nSPS) is 27.1. The third-order valence-corrected chi connectivity index (χ3v) is 6.18. The molecule has 18 heavy (non-hydrogen) atoms. The Morgan fingerprint density at radius 2 is 2.11 bits per heavy atom. The van der Waals surface area contributed by atoms with Gasteiger partial charge in [0.25, 0.3) is 0 Å². The molecule has 0 aliphatic heterocycles. The molecule has 3 nitrogen and oxygen atoms in total. The molecule has 1 aliphatic carbocycles. The molecule has 0 saturated heterocycles. The zero-order valence-electron chi connectivity index (χ0n) is 11.8. The third-order valence-electron chi connectivity index (χ3n) is 3.84. The summed E-state index contributed by atoms with van der Waals surface area (Å²) in [7, 11) is -2.86. The first-order valence-electron chi connectivity index (χ1n) is 6.90. The lowest BCUT2D eigenvalue weighted by Crippen LogP contribution is -2.42. The molecule has 1 rings (SSSR count). The van der Waals surface area contributed by atoms with Crippen LogP contribution in [0.1, 0.15) is 39.0 Å². The van der Waals surface area contributed by atoms with Crippen molar-refractivity contribution < 1.29 is 8.42 Å². The molecule has 1 saturated carbocycles. The van der Waals surface area contributed by atoms with Gasteiger partial charge in [-0.2, -0.15) is 11.8 Å².